The van der Waals surface area contributed by atoms with Crippen molar-refractivity contribution in [2.75, 3.05) is 13.2 Å². The van der Waals surface area contributed by atoms with Crippen molar-refractivity contribution in [1.29, 1.82) is 0 Å². The molecule has 0 radical (unpaired) electrons. The van der Waals surface area contributed by atoms with Crippen LogP contribution in [-0.4, -0.2) is 57.8 Å². The first kappa shape index (κ1) is 21.0. The fraction of sp³-hybridized carbons (Fsp3) is 0.294. The predicted molar refractivity (Wildman–Crippen MR) is 92.6 cm³/mol. The third kappa shape index (κ3) is 5.33. The molecule has 2 rings (SSSR count). The van der Waals surface area contributed by atoms with Gasteiger partial charge in [0, 0.05) is 0 Å². The summed E-state index contributed by atoms with van der Waals surface area (Å²) in [4.78, 5) is 23.6. The molecule has 1 amide bonds. The zero-order valence-corrected chi connectivity index (χ0v) is 14.8. The Labute approximate surface area is 158 Å². The second-order valence-corrected chi connectivity index (χ2v) is 5.50. The van der Waals surface area contributed by atoms with Crippen LogP contribution < -0.4 is 10.1 Å². The highest BCUT2D eigenvalue weighted by molar-refractivity contribution is 5.95. The maximum absolute atomic E-state index is 12.4. The van der Waals surface area contributed by atoms with E-state index >= 15 is 0 Å². The summed E-state index contributed by atoms with van der Waals surface area (Å²) in [6, 6.07) is 4.29. The minimum absolute atomic E-state index is 0.0293. The molecule has 0 aliphatic rings. The van der Waals surface area contributed by atoms with E-state index < -0.39 is 24.5 Å². The molecule has 1 heterocycles. The summed E-state index contributed by atoms with van der Waals surface area (Å²) in [7, 11) is 0. The Morgan fingerprint density at radius 2 is 2.04 bits per heavy atom. The Kier molecular flexibility index (Phi) is 7.15. The highest BCUT2D eigenvalue weighted by Crippen LogP contribution is 2.18. The van der Waals surface area contributed by atoms with Crippen molar-refractivity contribution in [3.8, 4) is 11.4 Å². The maximum atomic E-state index is 12.4. The number of hydrogen-bond donors (Lipinski definition) is 2. The number of alkyl halides is 2. The molecule has 0 saturated carbocycles. The highest BCUT2D eigenvalue weighted by atomic mass is 19.3. The number of aliphatic carboxylic acids is 1. The lowest BCUT2D eigenvalue weighted by Crippen LogP contribution is -2.44. The molecule has 0 fully saturated rings. The number of nitrogens with one attached hydrogen (secondary N) is 1. The molecule has 0 saturated heterocycles. The summed E-state index contributed by atoms with van der Waals surface area (Å²) >= 11 is 0. The fourth-order valence-electron chi connectivity index (χ4n) is 2.22. The summed E-state index contributed by atoms with van der Waals surface area (Å²) < 4.78 is 35.1. The molecule has 2 aromatic rings. The zero-order chi connectivity index (χ0) is 20.7. The monoisotopic (exact) mass is 396 g/mol. The van der Waals surface area contributed by atoms with E-state index in [2.05, 4.69) is 26.9 Å². The van der Waals surface area contributed by atoms with E-state index in [4.69, 9.17) is 4.74 Å². The number of carbonyl (C=O) groups is 2. The number of benzene rings is 1. The molecule has 2 N–H and O–H groups in total. The number of rotatable bonds is 10. The first-order chi connectivity index (χ1) is 13.3. The lowest BCUT2D eigenvalue weighted by molar-refractivity contribution is -0.140. The van der Waals surface area contributed by atoms with Crippen LogP contribution in [0.2, 0.25) is 0 Å². The fourth-order valence-corrected chi connectivity index (χ4v) is 2.22. The molecule has 28 heavy (non-hydrogen) atoms. The van der Waals surface area contributed by atoms with Crippen molar-refractivity contribution < 1.29 is 33.0 Å². The summed E-state index contributed by atoms with van der Waals surface area (Å²) in [5.41, 5.74) is 0.703. The number of halogens is 2. The number of aromatic nitrogens is 3. The van der Waals surface area contributed by atoms with Crippen LogP contribution in [0.5, 0.6) is 5.75 Å². The average molecular weight is 396 g/mol. The van der Waals surface area contributed by atoms with Gasteiger partial charge in [-0.25, -0.2) is 9.48 Å². The van der Waals surface area contributed by atoms with E-state index in [1.54, 1.807) is 6.92 Å². The van der Waals surface area contributed by atoms with Crippen LogP contribution in [0, 0.1) is 6.92 Å². The molecule has 0 spiro atoms. The normalized spacial score (nSPS) is 11.9. The van der Waals surface area contributed by atoms with E-state index in [1.807, 2.05) is 0 Å². The number of carbonyl (C=O) groups excluding carboxylic acids is 1. The summed E-state index contributed by atoms with van der Waals surface area (Å²) in [5.74, 6) is -2.04. The third-order valence-corrected chi connectivity index (χ3v) is 3.54. The first-order valence-electron chi connectivity index (χ1n) is 8.03. The SMILES string of the molecule is C=CCOCC(NC(=O)c1nnn(-c2ccc(OC(F)F)cc2)c1C)C(=O)O. The van der Waals surface area contributed by atoms with Gasteiger partial charge in [0.05, 0.1) is 24.6 Å². The molecular weight excluding hydrogens is 378 g/mol. The Balaban J connectivity index is 2.13. The Morgan fingerprint density at radius 1 is 1.36 bits per heavy atom. The van der Waals surface area contributed by atoms with E-state index in [0.717, 1.165) is 0 Å². The lowest BCUT2D eigenvalue weighted by Gasteiger charge is -2.13. The van der Waals surface area contributed by atoms with Crippen molar-refractivity contribution >= 4 is 11.9 Å². The van der Waals surface area contributed by atoms with Gasteiger partial charge < -0.3 is 19.9 Å². The van der Waals surface area contributed by atoms with Gasteiger partial charge in [0.1, 0.15) is 5.75 Å². The van der Waals surface area contributed by atoms with Crippen molar-refractivity contribution in [3.63, 3.8) is 0 Å². The van der Waals surface area contributed by atoms with Gasteiger partial charge in [-0.15, -0.1) is 11.7 Å². The standard InChI is InChI=1S/C17H18F2N4O5/c1-3-8-27-9-13(16(25)26)20-15(24)14-10(2)23(22-21-14)11-4-6-12(7-5-11)28-17(18)19/h3-7,13,17H,1,8-9H2,2H3,(H,20,24)(H,25,26). The Hall–Kier alpha value is -3.34. The Bertz CT molecular complexity index is 839. The smallest absolute Gasteiger partial charge is 0.387 e. The quantitative estimate of drug-likeness (QED) is 0.463. The van der Waals surface area contributed by atoms with Gasteiger partial charge in [-0.05, 0) is 31.2 Å². The van der Waals surface area contributed by atoms with E-state index in [9.17, 15) is 23.5 Å². The number of amides is 1. The van der Waals surface area contributed by atoms with Crippen LogP contribution in [0.25, 0.3) is 5.69 Å². The minimum atomic E-state index is -2.94. The zero-order valence-electron chi connectivity index (χ0n) is 14.8. The van der Waals surface area contributed by atoms with Crippen LogP contribution in [-0.2, 0) is 9.53 Å². The summed E-state index contributed by atoms with van der Waals surface area (Å²) in [6.07, 6.45) is 1.45. The van der Waals surface area contributed by atoms with Gasteiger partial charge >= 0.3 is 12.6 Å². The number of nitrogens with zero attached hydrogens (tertiary/aromatic N) is 3. The second kappa shape index (κ2) is 9.55. The average Bonchev–Trinajstić information content (AvgIpc) is 3.02. The molecule has 11 heteroatoms. The van der Waals surface area contributed by atoms with Gasteiger partial charge in [-0.3, -0.25) is 4.79 Å². The van der Waals surface area contributed by atoms with Crippen LogP contribution >= 0.6 is 0 Å². The lowest BCUT2D eigenvalue weighted by atomic mass is 10.2. The van der Waals surface area contributed by atoms with Gasteiger partial charge in [0.2, 0.25) is 0 Å². The van der Waals surface area contributed by atoms with Crippen LogP contribution in [0.15, 0.2) is 36.9 Å². The molecule has 1 unspecified atom stereocenters. The molecule has 0 bridgehead atoms. The van der Waals surface area contributed by atoms with Crippen molar-refractivity contribution in [2.24, 2.45) is 0 Å². The summed E-state index contributed by atoms with van der Waals surface area (Å²) in [6.45, 7) is 1.96. The molecule has 0 aliphatic carbocycles. The second-order valence-electron chi connectivity index (χ2n) is 5.50. The molecule has 1 atom stereocenters. The largest absolute Gasteiger partial charge is 0.480 e. The molecule has 0 aliphatic heterocycles. The first-order valence-corrected chi connectivity index (χ1v) is 8.03. The van der Waals surface area contributed by atoms with Crippen LogP contribution in [0.3, 0.4) is 0 Å². The van der Waals surface area contributed by atoms with Crippen LogP contribution in [0.4, 0.5) is 8.78 Å². The van der Waals surface area contributed by atoms with Crippen molar-refractivity contribution in [3.05, 3.63) is 48.3 Å². The molecule has 1 aromatic carbocycles. The minimum Gasteiger partial charge on any atom is -0.480 e. The Morgan fingerprint density at radius 3 is 2.61 bits per heavy atom. The molecule has 1 aromatic heterocycles. The number of hydrogen-bond acceptors (Lipinski definition) is 6. The van der Waals surface area contributed by atoms with E-state index in [0.29, 0.717) is 11.4 Å². The van der Waals surface area contributed by atoms with E-state index in [1.165, 1.54) is 35.0 Å². The van der Waals surface area contributed by atoms with Crippen molar-refractivity contribution in [1.82, 2.24) is 20.3 Å². The van der Waals surface area contributed by atoms with Gasteiger partial charge in [0.15, 0.2) is 11.7 Å². The number of carboxylic acids is 1. The summed E-state index contributed by atoms with van der Waals surface area (Å²) in [5, 5.41) is 19.1. The number of carboxylic acid groups (broad SMARTS) is 1. The van der Waals surface area contributed by atoms with Gasteiger partial charge in [-0.1, -0.05) is 11.3 Å². The predicted octanol–water partition coefficient (Wildman–Crippen LogP) is 1.56. The highest BCUT2D eigenvalue weighted by Gasteiger charge is 2.24. The topological polar surface area (TPSA) is 116 Å². The van der Waals surface area contributed by atoms with Gasteiger partial charge in [0.25, 0.3) is 5.91 Å². The van der Waals surface area contributed by atoms with Gasteiger partial charge in [-0.2, -0.15) is 8.78 Å². The van der Waals surface area contributed by atoms with E-state index in [-0.39, 0.29) is 24.7 Å². The third-order valence-electron chi connectivity index (χ3n) is 3.54. The maximum Gasteiger partial charge on any atom is 0.387 e. The van der Waals surface area contributed by atoms with Crippen LogP contribution in [0.1, 0.15) is 16.2 Å². The molecule has 150 valence electrons. The number of ether oxygens (including phenoxy) is 2. The molecule has 9 nitrogen and oxygen atoms in total. The molecular formula is C17H18F2N4O5. The van der Waals surface area contributed by atoms with Crippen molar-refractivity contribution in [2.45, 2.75) is 19.6 Å².